The molecule has 18 heavy (non-hydrogen) atoms. The van der Waals surface area contributed by atoms with Gasteiger partial charge >= 0.3 is 0 Å². The van der Waals surface area contributed by atoms with Crippen LogP contribution in [0.4, 0.5) is 0 Å². The van der Waals surface area contributed by atoms with Gasteiger partial charge in [0, 0.05) is 11.3 Å². The van der Waals surface area contributed by atoms with Crippen molar-refractivity contribution in [2.75, 3.05) is 7.11 Å². The number of halogens is 1. The van der Waals surface area contributed by atoms with Crippen LogP contribution in [0.3, 0.4) is 0 Å². The Bertz CT molecular complexity index is 615. The lowest BCUT2D eigenvalue weighted by molar-refractivity contribution is 0.415. The Labute approximate surface area is 111 Å². The molecule has 0 bridgehead atoms. The molecule has 90 valence electrons. The minimum Gasteiger partial charge on any atom is -0.497 e. The largest absolute Gasteiger partial charge is 0.497 e. The van der Waals surface area contributed by atoms with Crippen molar-refractivity contribution in [3.05, 3.63) is 46.7 Å². The molecule has 0 fully saturated rings. The van der Waals surface area contributed by atoms with Gasteiger partial charge in [0.1, 0.15) is 17.0 Å². The molecule has 0 aliphatic carbocycles. The second-order valence-electron chi connectivity index (χ2n) is 3.80. The number of methoxy groups -OCH3 is 1. The van der Waals surface area contributed by atoms with Gasteiger partial charge in [0.05, 0.1) is 12.7 Å². The van der Waals surface area contributed by atoms with Gasteiger partial charge in [-0.25, -0.2) is 4.98 Å². The molecule has 0 amide bonds. The number of rotatable bonds is 2. The van der Waals surface area contributed by atoms with Crippen molar-refractivity contribution in [3.63, 3.8) is 0 Å². The Morgan fingerprint density at radius 2 is 1.94 bits per heavy atom. The third-order valence-electron chi connectivity index (χ3n) is 2.69. The van der Waals surface area contributed by atoms with E-state index in [1.807, 2.05) is 37.3 Å². The van der Waals surface area contributed by atoms with Gasteiger partial charge < -0.3 is 4.74 Å². The van der Waals surface area contributed by atoms with Crippen LogP contribution in [-0.4, -0.2) is 12.1 Å². The first-order valence-corrected chi connectivity index (χ1v) is 5.75. The van der Waals surface area contributed by atoms with Crippen molar-refractivity contribution in [1.82, 2.24) is 4.98 Å². The van der Waals surface area contributed by atoms with Gasteiger partial charge in [0.15, 0.2) is 0 Å². The number of nitriles is 1. The van der Waals surface area contributed by atoms with Crippen molar-refractivity contribution in [2.24, 2.45) is 0 Å². The Hall–Kier alpha value is -2.05. The summed E-state index contributed by atoms with van der Waals surface area (Å²) in [5, 5.41) is 9.21. The fourth-order valence-corrected chi connectivity index (χ4v) is 1.94. The van der Waals surface area contributed by atoms with Gasteiger partial charge in [-0.1, -0.05) is 23.7 Å². The maximum Gasteiger partial charge on any atom is 0.147 e. The SMILES string of the molecule is COc1ccc(-c2cc(C#N)c(Cl)nc2C)cc1. The topological polar surface area (TPSA) is 45.9 Å². The minimum absolute atomic E-state index is 0.243. The van der Waals surface area contributed by atoms with Crippen LogP contribution in [0, 0.1) is 18.3 Å². The van der Waals surface area contributed by atoms with E-state index in [4.69, 9.17) is 21.6 Å². The van der Waals surface area contributed by atoms with Gasteiger partial charge in [-0.2, -0.15) is 5.26 Å². The third kappa shape index (κ3) is 2.29. The average Bonchev–Trinajstić information content (AvgIpc) is 2.39. The summed E-state index contributed by atoms with van der Waals surface area (Å²) in [7, 11) is 1.62. The third-order valence-corrected chi connectivity index (χ3v) is 2.98. The second kappa shape index (κ2) is 5.07. The standard InChI is InChI=1S/C14H11ClN2O/c1-9-13(7-11(8-16)14(15)17-9)10-3-5-12(18-2)6-4-10/h3-7H,1-2H3. The molecule has 2 rings (SSSR count). The molecule has 3 nitrogen and oxygen atoms in total. The van der Waals surface area contributed by atoms with Crippen molar-refractivity contribution >= 4 is 11.6 Å². The van der Waals surface area contributed by atoms with Crippen LogP contribution in [0.15, 0.2) is 30.3 Å². The van der Waals surface area contributed by atoms with Gasteiger partial charge in [0.25, 0.3) is 0 Å². The zero-order chi connectivity index (χ0) is 13.1. The summed E-state index contributed by atoms with van der Waals surface area (Å²) in [5.74, 6) is 0.791. The molecular weight excluding hydrogens is 248 g/mol. The molecule has 0 saturated carbocycles. The summed E-state index contributed by atoms with van der Waals surface area (Å²) in [6.07, 6.45) is 0. The molecule has 1 heterocycles. The number of nitrogens with zero attached hydrogens (tertiary/aromatic N) is 2. The van der Waals surface area contributed by atoms with E-state index in [9.17, 15) is 0 Å². The monoisotopic (exact) mass is 258 g/mol. The van der Waals surface area contributed by atoms with Crippen LogP contribution in [0.1, 0.15) is 11.3 Å². The van der Waals surface area contributed by atoms with Gasteiger partial charge in [-0.3, -0.25) is 0 Å². The second-order valence-corrected chi connectivity index (χ2v) is 4.16. The van der Waals surface area contributed by atoms with Crippen molar-refractivity contribution in [1.29, 1.82) is 5.26 Å². The first-order valence-electron chi connectivity index (χ1n) is 5.37. The summed E-state index contributed by atoms with van der Waals surface area (Å²) in [6.45, 7) is 1.87. The molecule has 0 N–H and O–H groups in total. The molecule has 4 heteroatoms. The van der Waals surface area contributed by atoms with Crippen molar-refractivity contribution in [2.45, 2.75) is 6.92 Å². The minimum atomic E-state index is 0.243. The summed E-state index contributed by atoms with van der Waals surface area (Å²) in [6, 6.07) is 11.4. The molecule has 0 spiro atoms. The first kappa shape index (κ1) is 12.4. The summed E-state index contributed by atoms with van der Waals surface area (Å²) in [5.41, 5.74) is 3.06. The van der Waals surface area contributed by atoms with E-state index in [0.29, 0.717) is 5.56 Å². The van der Waals surface area contributed by atoms with E-state index in [2.05, 4.69) is 4.98 Å². The average molecular weight is 259 g/mol. The highest BCUT2D eigenvalue weighted by atomic mass is 35.5. The Balaban J connectivity index is 2.53. The summed E-state index contributed by atoms with van der Waals surface area (Å²) in [4.78, 5) is 4.18. The Morgan fingerprint density at radius 3 is 2.50 bits per heavy atom. The molecule has 0 unspecified atom stereocenters. The van der Waals surface area contributed by atoms with Crippen molar-refractivity contribution in [3.8, 4) is 22.9 Å². The highest BCUT2D eigenvalue weighted by Gasteiger charge is 2.09. The summed E-state index contributed by atoms with van der Waals surface area (Å²) < 4.78 is 5.11. The van der Waals surface area contributed by atoms with E-state index in [1.165, 1.54) is 0 Å². The number of pyridine rings is 1. The van der Waals surface area contributed by atoms with E-state index >= 15 is 0 Å². The molecule has 0 aliphatic rings. The number of ether oxygens (including phenoxy) is 1. The molecule has 1 aromatic heterocycles. The number of hydrogen-bond acceptors (Lipinski definition) is 3. The van der Waals surface area contributed by atoms with E-state index in [1.54, 1.807) is 13.2 Å². The highest BCUT2D eigenvalue weighted by Crippen LogP contribution is 2.27. The fourth-order valence-electron chi connectivity index (χ4n) is 1.72. The van der Waals surface area contributed by atoms with Crippen LogP contribution < -0.4 is 4.74 Å². The molecule has 0 radical (unpaired) electrons. The molecule has 0 aliphatic heterocycles. The van der Waals surface area contributed by atoms with Crippen LogP contribution in [-0.2, 0) is 0 Å². The number of aryl methyl sites for hydroxylation is 1. The van der Waals surface area contributed by atoms with E-state index in [0.717, 1.165) is 22.6 Å². The van der Waals surface area contributed by atoms with Crippen LogP contribution in [0.25, 0.3) is 11.1 Å². The van der Waals surface area contributed by atoms with Crippen molar-refractivity contribution < 1.29 is 4.74 Å². The quantitative estimate of drug-likeness (QED) is 0.774. The maximum atomic E-state index is 8.97. The maximum absolute atomic E-state index is 8.97. The summed E-state index contributed by atoms with van der Waals surface area (Å²) >= 11 is 5.88. The van der Waals surface area contributed by atoms with Gasteiger partial charge in [0.2, 0.25) is 0 Å². The van der Waals surface area contributed by atoms with Crippen LogP contribution in [0.2, 0.25) is 5.15 Å². The smallest absolute Gasteiger partial charge is 0.147 e. The highest BCUT2D eigenvalue weighted by molar-refractivity contribution is 6.30. The lowest BCUT2D eigenvalue weighted by atomic mass is 10.0. The lowest BCUT2D eigenvalue weighted by Crippen LogP contribution is -1.92. The molecule has 2 aromatic rings. The normalized spacial score (nSPS) is 9.89. The van der Waals surface area contributed by atoms with Gasteiger partial charge in [-0.15, -0.1) is 0 Å². The molecule has 0 atom stereocenters. The predicted octanol–water partition coefficient (Wildman–Crippen LogP) is 3.59. The fraction of sp³-hybridized carbons (Fsp3) is 0.143. The first-order chi connectivity index (χ1) is 8.65. The molecular formula is C14H11ClN2O. The Morgan fingerprint density at radius 1 is 1.28 bits per heavy atom. The number of aromatic nitrogens is 1. The van der Waals surface area contributed by atoms with Crippen LogP contribution >= 0.6 is 11.6 Å². The number of benzene rings is 1. The lowest BCUT2D eigenvalue weighted by Gasteiger charge is -2.08. The van der Waals surface area contributed by atoms with Crippen LogP contribution in [0.5, 0.6) is 5.75 Å². The Kier molecular flexibility index (Phi) is 3.50. The van der Waals surface area contributed by atoms with E-state index < -0.39 is 0 Å². The zero-order valence-corrected chi connectivity index (χ0v) is 10.8. The van der Waals surface area contributed by atoms with E-state index in [-0.39, 0.29) is 5.15 Å². The predicted molar refractivity (Wildman–Crippen MR) is 70.7 cm³/mol. The zero-order valence-electron chi connectivity index (χ0n) is 10.1. The molecule has 0 saturated heterocycles. The number of hydrogen-bond donors (Lipinski definition) is 0. The molecule has 1 aromatic carbocycles. The van der Waals surface area contributed by atoms with Gasteiger partial charge in [-0.05, 0) is 30.7 Å².